The number of rotatable bonds is 12. The van der Waals surface area contributed by atoms with Gasteiger partial charge in [0.25, 0.3) is 0 Å². The first-order valence-corrected chi connectivity index (χ1v) is 13.7. The van der Waals surface area contributed by atoms with Crippen molar-refractivity contribution in [3.05, 3.63) is 89.5 Å². The molecular formula is C30H39P. The zero-order valence-electron chi connectivity index (χ0n) is 19.7. The average molecular weight is 431 g/mol. The van der Waals surface area contributed by atoms with Gasteiger partial charge in [0.1, 0.15) is 0 Å². The van der Waals surface area contributed by atoms with Gasteiger partial charge in [-0.05, 0) is 79.1 Å². The molecule has 164 valence electrons. The summed E-state index contributed by atoms with van der Waals surface area (Å²) >= 11 is 0. The summed E-state index contributed by atoms with van der Waals surface area (Å²) < 4.78 is 0. The molecule has 0 aliphatic carbocycles. The Morgan fingerprint density at radius 3 is 1.03 bits per heavy atom. The van der Waals surface area contributed by atoms with E-state index in [1.165, 1.54) is 57.8 Å². The molecule has 0 heterocycles. The van der Waals surface area contributed by atoms with E-state index in [0.29, 0.717) is 0 Å². The van der Waals surface area contributed by atoms with Gasteiger partial charge in [0.15, 0.2) is 0 Å². The first-order chi connectivity index (χ1) is 15.3. The van der Waals surface area contributed by atoms with Crippen LogP contribution in [0.15, 0.2) is 72.8 Å². The maximum absolute atomic E-state index is 2.42. The van der Waals surface area contributed by atoms with Crippen molar-refractivity contribution in [2.75, 3.05) is 0 Å². The summed E-state index contributed by atoms with van der Waals surface area (Å²) in [5, 5.41) is 4.71. The summed E-state index contributed by atoms with van der Waals surface area (Å²) in [6.45, 7) is 6.89. The molecule has 0 amide bonds. The molecule has 31 heavy (non-hydrogen) atoms. The molecule has 0 N–H and O–H groups in total. The lowest BCUT2D eigenvalue weighted by molar-refractivity contribution is 0.796. The van der Waals surface area contributed by atoms with Gasteiger partial charge in [-0.25, -0.2) is 0 Å². The quantitative estimate of drug-likeness (QED) is 0.261. The summed E-state index contributed by atoms with van der Waals surface area (Å²) in [6.07, 6.45) is 11.0. The van der Waals surface area contributed by atoms with E-state index in [-0.39, 0.29) is 0 Å². The fourth-order valence-electron chi connectivity index (χ4n) is 4.31. The Hall–Kier alpha value is -1.91. The summed E-state index contributed by atoms with van der Waals surface area (Å²) in [5.41, 5.74) is 4.64. The van der Waals surface area contributed by atoms with Gasteiger partial charge in [0.2, 0.25) is 0 Å². The molecule has 0 aliphatic rings. The lowest BCUT2D eigenvalue weighted by Crippen LogP contribution is -2.27. The molecule has 0 saturated carbocycles. The third-order valence-corrected chi connectivity index (χ3v) is 8.85. The Labute approximate surface area is 191 Å². The van der Waals surface area contributed by atoms with E-state index in [9.17, 15) is 0 Å². The Balaban J connectivity index is 2.18. The second kappa shape index (κ2) is 12.8. The predicted molar refractivity (Wildman–Crippen MR) is 141 cm³/mol. The smallest absolute Gasteiger partial charge is 0.0119 e. The molecule has 0 nitrogen and oxygen atoms in total. The van der Waals surface area contributed by atoms with Crippen LogP contribution in [0.25, 0.3) is 0 Å². The highest BCUT2D eigenvalue weighted by Crippen LogP contribution is 2.37. The minimum Gasteiger partial charge on any atom is -0.0654 e. The fraction of sp³-hybridized carbons (Fsp3) is 0.400. The highest BCUT2D eigenvalue weighted by molar-refractivity contribution is 7.80. The second-order valence-corrected chi connectivity index (χ2v) is 10.6. The Kier molecular flexibility index (Phi) is 9.83. The van der Waals surface area contributed by atoms with Crippen LogP contribution in [-0.4, -0.2) is 0 Å². The van der Waals surface area contributed by atoms with Gasteiger partial charge in [-0.1, -0.05) is 113 Å². The van der Waals surface area contributed by atoms with E-state index in [1.54, 1.807) is 32.6 Å². The van der Waals surface area contributed by atoms with Crippen LogP contribution >= 0.6 is 7.92 Å². The standard InChI is InChI=1S/C30H39P/c1-4-7-16-25-19-10-13-22-28(25)31(29-23-14-11-20-26(29)17-8-5-2)30-24-15-12-21-27(30)18-9-6-3/h10-15,19-24H,4-9,16-18H2,1-3H3. The lowest BCUT2D eigenvalue weighted by Gasteiger charge is -2.27. The molecule has 0 spiro atoms. The predicted octanol–water partition coefficient (Wildman–Crippen LogP) is 7.47. The van der Waals surface area contributed by atoms with Crippen LogP contribution in [0, 0.1) is 0 Å². The average Bonchev–Trinajstić information content (AvgIpc) is 2.82. The molecule has 3 aromatic carbocycles. The van der Waals surface area contributed by atoms with Crippen molar-refractivity contribution in [1.82, 2.24) is 0 Å². The van der Waals surface area contributed by atoms with E-state index in [2.05, 4.69) is 93.6 Å². The zero-order valence-corrected chi connectivity index (χ0v) is 20.6. The molecule has 0 fully saturated rings. The van der Waals surface area contributed by atoms with Gasteiger partial charge >= 0.3 is 0 Å². The highest BCUT2D eigenvalue weighted by atomic mass is 31.1. The van der Waals surface area contributed by atoms with E-state index < -0.39 is 7.92 Å². The van der Waals surface area contributed by atoms with Crippen molar-refractivity contribution in [2.45, 2.75) is 78.6 Å². The van der Waals surface area contributed by atoms with E-state index in [4.69, 9.17) is 0 Å². The van der Waals surface area contributed by atoms with Crippen LogP contribution in [0.5, 0.6) is 0 Å². The third-order valence-electron chi connectivity index (χ3n) is 6.10. The molecule has 0 aliphatic heterocycles. The minimum absolute atomic E-state index is 0.558. The Morgan fingerprint density at radius 2 is 0.742 bits per heavy atom. The van der Waals surface area contributed by atoms with Crippen molar-refractivity contribution >= 4 is 23.8 Å². The molecule has 3 rings (SSSR count). The first kappa shape index (κ1) is 23.7. The molecular weight excluding hydrogens is 391 g/mol. The number of hydrogen-bond acceptors (Lipinski definition) is 0. The van der Waals surface area contributed by atoms with Gasteiger partial charge in [-0.15, -0.1) is 0 Å². The molecule has 1 heteroatoms. The van der Waals surface area contributed by atoms with Crippen LogP contribution in [0.4, 0.5) is 0 Å². The molecule has 0 atom stereocenters. The van der Waals surface area contributed by atoms with Crippen molar-refractivity contribution in [3.8, 4) is 0 Å². The van der Waals surface area contributed by atoms with Crippen LogP contribution < -0.4 is 15.9 Å². The van der Waals surface area contributed by atoms with Crippen LogP contribution in [0.3, 0.4) is 0 Å². The number of unbranched alkanes of at least 4 members (excludes halogenated alkanes) is 3. The second-order valence-electron chi connectivity index (χ2n) is 8.53. The largest absolute Gasteiger partial charge is 0.0654 e. The van der Waals surface area contributed by atoms with Crippen molar-refractivity contribution in [3.63, 3.8) is 0 Å². The van der Waals surface area contributed by atoms with E-state index in [0.717, 1.165) is 0 Å². The van der Waals surface area contributed by atoms with Crippen LogP contribution in [0.2, 0.25) is 0 Å². The lowest BCUT2D eigenvalue weighted by atomic mass is 10.1. The zero-order chi connectivity index (χ0) is 21.9. The van der Waals surface area contributed by atoms with E-state index in [1.807, 2.05) is 0 Å². The molecule has 0 radical (unpaired) electrons. The SMILES string of the molecule is CCCCc1ccccc1P(c1ccccc1CCCC)c1ccccc1CCCC. The van der Waals surface area contributed by atoms with Crippen LogP contribution in [0.1, 0.15) is 76.0 Å². The van der Waals surface area contributed by atoms with Gasteiger partial charge in [-0.2, -0.15) is 0 Å². The van der Waals surface area contributed by atoms with E-state index >= 15 is 0 Å². The van der Waals surface area contributed by atoms with Gasteiger partial charge < -0.3 is 0 Å². The first-order valence-electron chi connectivity index (χ1n) is 12.3. The number of hydrogen-bond donors (Lipinski definition) is 0. The fourth-order valence-corrected chi connectivity index (χ4v) is 7.22. The number of aryl methyl sites for hydroxylation is 3. The van der Waals surface area contributed by atoms with Gasteiger partial charge in [0.05, 0.1) is 0 Å². The summed E-state index contributed by atoms with van der Waals surface area (Å²) in [4.78, 5) is 0. The van der Waals surface area contributed by atoms with Crippen molar-refractivity contribution < 1.29 is 0 Å². The normalized spacial score (nSPS) is 11.2. The van der Waals surface area contributed by atoms with Crippen molar-refractivity contribution in [1.29, 1.82) is 0 Å². The monoisotopic (exact) mass is 430 g/mol. The third kappa shape index (κ3) is 6.30. The Morgan fingerprint density at radius 1 is 0.452 bits per heavy atom. The summed E-state index contributed by atoms with van der Waals surface area (Å²) in [5.74, 6) is 0. The molecule has 0 aromatic heterocycles. The highest BCUT2D eigenvalue weighted by Gasteiger charge is 2.23. The summed E-state index contributed by atoms with van der Waals surface area (Å²) in [6, 6.07) is 27.8. The molecule has 3 aromatic rings. The van der Waals surface area contributed by atoms with Gasteiger partial charge in [-0.3, -0.25) is 0 Å². The summed E-state index contributed by atoms with van der Waals surface area (Å²) in [7, 11) is -0.558. The van der Waals surface area contributed by atoms with Gasteiger partial charge in [0, 0.05) is 0 Å². The topological polar surface area (TPSA) is 0 Å². The molecule has 0 bridgehead atoms. The van der Waals surface area contributed by atoms with Crippen molar-refractivity contribution in [2.24, 2.45) is 0 Å². The minimum atomic E-state index is -0.558. The number of benzene rings is 3. The maximum atomic E-state index is 2.42. The van der Waals surface area contributed by atoms with Crippen LogP contribution in [-0.2, 0) is 19.3 Å². The Bertz CT molecular complexity index is 805. The molecule has 0 unspecified atom stereocenters. The maximum Gasteiger partial charge on any atom is -0.0119 e. The molecule has 0 saturated heterocycles.